The summed E-state index contributed by atoms with van der Waals surface area (Å²) in [7, 11) is 2.05. The molecule has 8 heteroatoms. The molecule has 1 aliphatic rings. The first-order valence-electron chi connectivity index (χ1n) is 11.2. The van der Waals surface area contributed by atoms with Crippen molar-refractivity contribution in [3.63, 3.8) is 0 Å². The van der Waals surface area contributed by atoms with Crippen LogP contribution in [0.4, 0.5) is 10.1 Å². The van der Waals surface area contributed by atoms with E-state index in [1.807, 2.05) is 20.0 Å². The summed E-state index contributed by atoms with van der Waals surface area (Å²) in [5.41, 5.74) is 1.10. The summed E-state index contributed by atoms with van der Waals surface area (Å²) in [5.74, 6) is -0.787. The minimum atomic E-state index is -1.13. The highest BCUT2D eigenvalue weighted by atomic mass is 19.1. The number of anilines is 1. The normalized spacial score (nSPS) is 15.4. The molecule has 0 bridgehead atoms. The monoisotopic (exact) mass is 455 g/mol. The van der Waals surface area contributed by atoms with Crippen LogP contribution in [0.1, 0.15) is 43.9 Å². The molecule has 1 atom stereocenters. The smallest absolute Gasteiger partial charge is 0.333 e. The van der Waals surface area contributed by atoms with Gasteiger partial charge in [0.1, 0.15) is 11.9 Å². The molecule has 0 aliphatic carbocycles. The summed E-state index contributed by atoms with van der Waals surface area (Å²) in [6.45, 7) is 5.80. The molecule has 0 saturated carbocycles. The molecule has 2 aromatic carbocycles. The fraction of sp³-hybridized carbons (Fsp3) is 0.440. The van der Waals surface area contributed by atoms with E-state index in [4.69, 9.17) is 19.5 Å². The first kappa shape index (κ1) is 24.3. The van der Waals surface area contributed by atoms with E-state index in [9.17, 15) is 4.79 Å². The number of hydrogen-bond donors (Lipinski definition) is 1. The van der Waals surface area contributed by atoms with Crippen molar-refractivity contribution in [1.82, 2.24) is 4.90 Å². The van der Waals surface area contributed by atoms with E-state index >= 15 is 4.39 Å². The maximum atomic E-state index is 15.7. The van der Waals surface area contributed by atoms with Gasteiger partial charge in [-0.1, -0.05) is 0 Å². The summed E-state index contributed by atoms with van der Waals surface area (Å²) in [6.07, 6.45) is 1.46. The lowest BCUT2D eigenvalue weighted by Gasteiger charge is -2.30. The van der Waals surface area contributed by atoms with Gasteiger partial charge in [0.15, 0.2) is 17.6 Å². The van der Waals surface area contributed by atoms with Gasteiger partial charge in [0, 0.05) is 30.4 Å². The summed E-state index contributed by atoms with van der Waals surface area (Å²) < 4.78 is 32.6. The number of rotatable bonds is 9. The van der Waals surface area contributed by atoms with E-state index in [-0.39, 0.29) is 24.0 Å². The van der Waals surface area contributed by atoms with Gasteiger partial charge in [-0.05, 0) is 64.1 Å². The Morgan fingerprint density at radius 2 is 1.91 bits per heavy atom. The summed E-state index contributed by atoms with van der Waals surface area (Å²) in [6, 6.07) is 10.5. The van der Waals surface area contributed by atoms with Gasteiger partial charge < -0.3 is 24.4 Å². The van der Waals surface area contributed by atoms with Gasteiger partial charge >= 0.3 is 5.97 Å². The number of carbonyl (C=O) groups is 1. The molecule has 0 amide bonds. The topological polar surface area (TPSA) is 83.8 Å². The van der Waals surface area contributed by atoms with Crippen LogP contribution in [-0.2, 0) is 9.53 Å². The molecule has 2 aromatic rings. The van der Waals surface area contributed by atoms with E-state index in [1.54, 1.807) is 31.2 Å². The standard InChI is InChI=1S/C25H30FN3O4/c1-4-31-20-14-21(23(26)22(15-20)33-19-10-12-29(3)13-11-19)24(25(30)32-5-2)28-18-8-6-17(16-27)7-9-18/h6-9,14-15,19,24,28H,4-5,10-13H2,1-3H3. The number of hydrogen-bond acceptors (Lipinski definition) is 7. The zero-order chi connectivity index (χ0) is 23.8. The lowest BCUT2D eigenvalue weighted by molar-refractivity contribution is -0.144. The predicted octanol–water partition coefficient (Wildman–Crippen LogP) is 4.29. The zero-order valence-electron chi connectivity index (χ0n) is 19.3. The van der Waals surface area contributed by atoms with Crippen LogP contribution in [0.25, 0.3) is 0 Å². The number of ether oxygens (including phenoxy) is 3. The summed E-state index contributed by atoms with van der Waals surface area (Å²) in [5, 5.41) is 12.1. The van der Waals surface area contributed by atoms with Crippen molar-refractivity contribution in [2.24, 2.45) is 0 Å². The number of piperidine rings is 1. The number of likely N-dealkylation sites (tertiary alicyclic amines) is 1. The Morgan fingerprint density at radius 3 is 2.52 bits per heavy atom. The fourth-order valence-corrected chi connectivity index (χ4v) is 3.72. The molecule has 3 rings (SSSR count). The lowest BCUT2D eigenvalue weighted by Crippen LogP contribution is -2.36. The molecule has 1 N–H and O–H groups in total. The quantitative estimate of drug-likeness (QED) is 0.565. The van der Waals surface area contributed by atoms with Crippen molar-refractivity contribution >= 4 is 11.7 Å². The highest BCUT2D eigenvalue weighted by Gasteiger charge is 2.29. The first-order valence-corrected chi connectivity index (χ1v) is 11.2. The average Bonchev–Trinajstić information content (AvgIpc) is 2.82. The fourth-order valence-electron chi connectivity index (χ4n) is 3.72. The minimum Gasteiger partial charge on any atom is -0.494 e. The average molecular weight is 456 g/mol. The molecule has 0 radical (unpaired) electrons. The molecular weight excluding hydrogens is 425 g/mol. The molecule has 33 heavy (non-hydrogen) atoms. The molecule has 1 fully saturated rings. The second-order valence-electron chi connectivity index (χ2n) is 7.90. The summed E-state index contributed by atoms with van der Waals surface area (Å²) >= 11 is 0. The van der Waals surface area contributed by atoms with Gasteiger partial charge in [0.05, 0.1) is 24.8 Å². The van der Waals surface area contributed by atoms with Crippen molar-refractivity contribution < 1.29 is 23.4 Å². The van der Waals surface area contributed by atoms with E-state index in [0.29, 0.717) is 23.6 Å². The molecule has 0 aromatic heterocycles. The molecular formula is C25H30FN3O4. The Morgan fingerprint density at radius 1 is 1.21 bits per heavy atom. The number of esters is 1. The Bertz CT molecular complexity index is 982. The number of carbonyl (C=O) groups excluding carboxylic acids is 1. The summed E-state index contributed by atoms with van der Waals surface area (Å²) in [4.78, 5) is 15.0. The largest absolute Gasteiger partial charge is 0.494 e. The highest BCUT2D eigenvalue weighted by Crippen LogP contribution is 2.35. The Kier molecular flexibility index (Phi) is 8.50. The van der Waals surface area contributed by atoms with Crippen LogP contribution in [0.15, 0.2) is 36.4 Å². The van der Waals surface area contributed by atoms with Crippen molar-refractivity contribution in [3.05, 3.63) is 53.3 Å². The van der Waals surface area contributed by atoms with Crippen LogP contribution in [0, 0.1) is 17.1 Å². The number of nitrogens with zero attached hydrogens (tertiary/aromatic N) is 2. The Labute approximate surface area is 194 Å². The van der Waals surface area contributed by atoms with Crippen LogP contribution >= 0.6 is 0 Å². The molecule has 1 saturated heterocycles. The van der Waals surface area contributed by atoms with Gasteiger partial charge in [0.2, 0.25) is 0 Å². The third-order valence-corrected chi connectivity index (χ3v) is 5.47. The van der Waals surface area contributed by atoms with Crippen LogP contribution in [0.5, 0.6) is 11.5 Å². The van der Waals surface area contributed by atoms with Crippen molar-refractivity contribution in [3.8, 4) is 17.6 Å². The van der Waals surface area contributed by atoms with Gasteiger partial charge in [-0.2, -0.15) is 5.26 Å². The van der Waals surface area contributed by atoms with Crippen LogP contribution in [0.2, 0.25) is 0 Å². The minimum absolute atomic E-state index is 0.0569. The predicted molar refractivity (Wildman–Crippen MR) is 123 cm³/mol. The lowest BCUT2D eigenvalue weighted by atomic mass is 10.0. The molecule has 1 heterocycles. The van der Waals surface area contributed by atoms with Crippen LogP contribution < -0.4 is 14.8 Å². The zero-order valence-corrected chi connectivity index (χ0v) is 19.3. The van der Waals surface area contributed by atoms with Gasteiger partial charge in [-0.15, -0.1) is 0 Å². The third kappa shape index (κ3) is 6.36. The third-order valence-electron chi connectivity index (χ3n) is 5.47. The number of benzene rings is 2. The molecule has 176 valence electrons. The van der Waals surface area contributed by atoms with E-state index < -0.39 is 17.8 Å². The Hall–Kier alpha value is -3.31. The molecule has 1 aliphatic heterocycles. The number of halogens is 1. The number of nitriles is 1. The highest BCUT2D eigenvalue weighted by molar-refractivity contribution is 5.81. The molecule has 0 spiro atoms. The SMILES string of the molecule is CCOC(=O)C(Nc1ccc(C#N)cc1)c1cc(OCC)cc(OC2CCN(C)CC2)c1F. The van der Waals surface area contributed by atoms with E-state index in [1.165, 1.54) is 12.1 Å². The van der Waals surface area contributed by atoms with Gasteiger partial charge in [0.25, 0.3) is 0 Å². The van der Waals surface area contributed by atoms with Crippen molar-refractivity contribution in [2.45, 2.75) is 38.8 Å². The maximum Gasteiger partial charge on any atom is 0.333 e. The molecule has 7 nitrogen and oxygen atoms in total. The Balaban J connectivity index is 1.96. The van der Waals surface area contributed by atoms with Crippen LogP contribution in [0.3, 0.4) is 0 Å². The van der Waals surface area contributed by atoms with Crippen LogP contribution in [-0.4, -0.2) is 50.3 Å². The van der Waals surface area contributed by atoms with E-state index in [0.717, 1.165) is 25.9 Å². The van der Waals surface area contributed by atoms with Crippen molar-refractivity contribution in [2.75, 3.05) is 38.7 Å². The maximum absolute atomic E-state index is 15.7. The van der Waals surface area contributed by atoms with Gasteiger partial charge in [-0.3, -0.25) is 0 Å². The van der Waals surface area contributed by atoms with Crippen molar-refractivity contribution in [1.29, 1.82) is 5.26 Å². The molecule has 1 unspecified atom stereocenters. The second-order valence-corrected chi connectivity index (χ2v) is 7.90. The first-order chi connectivity index (χ1) is 15.9. The number of nitrogens with one attached hydrogen (secondary N) is 1. The van der Waals surface area contributed by atoms with E-state index in [2.05, 4.69) is 10.2 Å². The second kappa shape index (κ2) is 11.5. The van der Waals surface area contributed by atoms with Gasteiger partial charge in [-0.25, -0.2) is 9.18 Å².